The Morgan fingerprint density at radius 1 is 1.23 bits per heavy atom. The van der Waals surface area contributed by atoms with Crippen LogP contribution >= 0.6 is 39.0 Å². The fraction of sp³-hybridized carbons (Fsp3) is 0.250. The number of rotatable bonds is 6. The summed E-state index contributed by atoms with van der Waals surface area (Å²) in [5.74, 6) is -0.233. The molecule has 1 atom stereocenters. The average molecular weight is 622 g/mol. The number of nitrogens with zero attached hydrogens (tertiary/aromatic N) is 4. The molecular weight excluding hydrogens is 596 g/mol. The first-order valence-electron chi connectivity index (χ1n) is 12.3. The molecule has 3 aromatic rings. The smallest absolute Gasteiger partial charge is 0.234 e. The second-order valence-corrected chi connectivity index (χ2v) is 12.4. The number of ketones is 1. The molecule has 1 aromatic heterocycles. The Balaban J connectivity index is 1.42. The minimum absolute atomic E-state index is 0.0220. The summed E-state index contributed by atoms with van der Waals surface area (Å²) in [5.41, 5.74) is 11.9. The second kappa shape index (κ2) is 11.3. The van der Waals surface area contributed by atoms with Crippen LogP contribution in [-0.2, 0) is 9.59 Å². The van der Waals surface area contributed by atoms with Gasteiger partial charge < -0.3 is 11.1 Å². The highest BCUT2D eigenvalue weighted by Crippen LogP contribution is 2.47. The van der Waals surface area contributed by atoms with E-state index >= 15 is 0 Å². The maximum Gasteiger partial charge on any atom is 0.234 e. The van der Waals surface area contributed by atoms with E-state index in [0.29, 0.717) is 39.9 Å². The second-order valence-electron chi connectivity index (χ2n) is 9.32. The molecule has 0 radical (unpaired) electrons. The molecule has 1 aliphatic heterocycles. The first kappa shape index (κ1) is 27.1. The number of amides is 1. The number of aromatic nitrogens is 2. The molecule has 39 heavy (non-hydrogen) atoms. The lowest BCUT2D eigenvalue weighted by Crippen LogP contribution is -2.38. The van der Waals surface area contributed by atoms with Crippen molar-refractivity contribution >= 4 is 61.5 Å². The minimum atomic E-state index is -0.511. The van der Waals surface area contributed by atoms with Crippen molar-refractivity contribution in [1.82, 2.24) is 10.2 Å². The van der Waals surface area contributed by atoms with Crippen molar-refractivity contribution in [1.29, 1.82) is 5.26 Å². The highest BCUT2D eigenvalue weighted by atomic mass is 79.9. The predicted molar refractivity (Wildman–Crippen MR) is 157 cm³/mol. The molecule has 0 fully saturated rings. The van der Waals surface area contributed by atoms with Gasteiger partial charge in [0.05, 0.1) is 23.3 Å². The summed E-state index contributed by atoms with van der Waals surface area (Å²) in [5, 5.41) is 22.2. The summed E-state index contributed by atoms with van der Waals surface area (Å²) in [6.07, 6.45) is 1.76. The van der Waals surface area contributed by atoms with Gasteiger partial charge >= 0.3 is 0 Å². The van der Waals surface area contributed by atoms with Crippen molar-refractivity contribution in [2.45, 2.75) is 43.4 Å². The lowest BCUT2D eigenvalue weighted by Gasteiger charge is -2.38. The summed E-state index contributed by atoms with van der Waals surface area (Å²) in [4.78, 5) is 27.6. The van der Waals surface area contributed by atoms with Gasteiger partial charge in [-0.2, -0.15) is 5.26 Å². The van der Waals surface area contributed by atoms with Gasteiger partial charge in [0.1, 0.15) is 5.82 Å². The van der Waals surface area contributed by atoms with Crippen LogP contribution in [0.5, 0.6) is 0 Å². The molecule has 11 heteroatoms. The first-order chi connectivity index (χ1) is 18.8. The summed E-state index contributed by atoms with van der Waals surface area (Å²) < 4.78 is 1.53. The monoisotopic (exact) mass is 620 g/mol. The maximum absolute atomic E-state index is 13.3. The van der Waals surface area contributed by atoms with E-state index in [2.05, 4.69) is 37.5 Å². The zero-order chi connectivity index (χ0) is 27.7. The van der Waals surface area contributed by atoms with Crippen LogP contribution in [0.4, 0.5) is 10.8 Å². The molecule has 0 saturated heterocycles. The zero-order valence-electron chi connectivity index (χ0n) is 21.3. The SMILES string of the molecule is Cc1cc(Br)ccc1NC(=O)CSc1nnc(N2C(N)=C(C#N)C(c3ccccc3C)C3=C2CCCC3=O)s1. The molecule has 1 aliphatic carbocycles. The Morgan fingerprint density at radius 2 is 2.03 bits per heavy atom. The van der Waals surface area contributed by atoms with Crippen molar-refractivity contribution in [2.24, 2.45) is 5.73 Å². The highest BCUT2D eigenvalue weighted by molar-refractivity contribution is 9.10. The first-order valence-corrected chi connectivity index (χ1v) is 14.9. The van der Waals surface area contributed by atoms with Gasteiger partial charge in [-0.15, -0.1) is 10.2 Å². The standard InChI is InChI=1S/C28H25BrN6O2S2/c1-15-6-3-4-7-18(15)24-19(13-30)26(31)35(21-8-5-9-22(36)25(21)24)27-33-34-28(39-27)38-14-23(37)32-20-11-10-17(29)12-16(20)2/h3-4,6-7,10-12,24H,5,8-9,14,31H2,1-2H3,(H,32,37). The third-order valence-corrected chi connectivity index (χ3v) is 9.32. The number of benzene rings is 2. The van der Waals surface area contributed by atoms with Gasteiger partial charge in [-0.25, -0.2) is 0 Å². The predicted octanol–water partition coefficient (Wildman–Crippen LogP) is 5.95. The van der Waals surface area contributed by atoms with Crippen LogP contribution < -0.4 is 16.0 Å². The van der Waals surface area contributed by atoms with E-state index in [1.807, 2.05) is 56.3 Å². The Kier molecular flexibility index (Phi) is 7.88. The number of carbonyl (C=O) groups is 2. The number of hydrogen-bond acceptors (Lipinski definition) is 9. The van der Waals surface area contributed by atoms with E-state index in [9.17, 15) is 14.9 Å². The van der Waals surface area contributed by atoms with Crippen LogP contribution in [0.3, 0.4) is 0 Å². The molecule has 0 saturated carbocycles. The van der Waals surface area contributed by atoms with Crippen LogP contribution in [0, 0.1) is 25.2 Å². The van der Waals surface area contributed by atoms with Gasteiger partial charge in [-0.1, -0.05) is 63.3 Å². The van der Waals surface area contributed by atoms with Gasteiger partial charge in [0.2, 0.25) is 11.0 Å². The molecule has 0 bridgehead atoms. The van der Waals surface area contributed by atoms with Crippen LogP contribution in [0.25, 0.3) is 0 Å². The van der Waals surface area contributed by atoms with Crippen LogP contribution in [0.15, 0.2) is 73.9 Å². The number of halogens is 1. The minimum Gasteiger partial charge on any atom is -0.384 e. The van der Waals surface area contributed by atoms with Crippen LogP contribution in [0.1, 0.15) is 41.9 Å². The normalized spacial score (nSPS) is 17.2. The number of nitrogens with one attached hydrogen (secondary N) is 1. The third kappa shape index (κ3) is 5.37. The van der Waals surface area contributed by atoms with Crippen molar-refractivity contribution in [3.8, 4) is 6.07 Å². The summed E-state index contributed by atoms with van der Waals surface area (Å²) in [6.45, 7) is 3.90. The highest BCUT2D eigenvalue weighted by Gasteiger charge is 2.41. The Bertz CT molecular complexity index is 1590. The molecule has 198 valence electrons. The number of Topliss-reactive ketones (excluding diaryl/α,β-unsaturated/α-hetero) is 1. The molecule has 2 aromatic carbocycles. The summed E-state index contributed by atoms with van der Waals surface area (Å²) in [6, 6.07) is 15.7. The largest absolute Gasteiger partial charge is 0.384 e. The van der Waals surface area contributed by atoms with Gasteiger partial charge in [0.25, 0.3) is 0 Å². The third-order valence-electron chi connectivity index (χ3n) is 6.79. The van der Waals surface area contributed by atoms with Crippen molar-refractivity contribution < 1.29 is 9.59 Å². The molecule has 2 aliphatic rings. The van der Waals surface area contributed by atoms with Crippen molar-refractivity contribution in [3.63, 3.8) is 0 Å². The van der Waals surface area contributed by atoms with Gasteiger partial charge in [0, 0.05) is 27.9 Å². The van der Waals surface area contributed by atoms with Crippen LogP contribution in [-0.4, -0.2) is 27.6 Å². The molecule has 8 nitrogen and oxygen atoms in total. The number of hydrogen-bond donors (Lipinski definition) is 2. The van der Waals surface area contributed by atoms with E-state index in [1.165, 1.54) is 23.1 Å². The van der Waals surface area contributed by atoms with Gasteiger partial charge in [-0.3, -0.25) is 14.5 Å². The van der Waals surface area contributed by atoms with Crippen LogP contribution in [0.2, 0.25) is 0 Å². The fourth-order valence-corrected chi connectivity index (χ4v) is 7.11. The Labute approximate surface area is 243 Å². The molecule has 1 unspecified atom stereocenters. The van der Waals surface area contributed by atoms with E-state index in [1.54, 1.807) is 4.90 Å². The number of aryl methyl sites for hydroxylation is 2. The van der Waals surface area contributed by atoms with Crippen molar-refractivity contribution in [2.75, 3.05) is 16.0 Å². The summed E-state index contributed by atoms with van der Waals surface area (Å²) in [7, 11) is 0. The average Bonchev–Trinajstić information content (AvgIpc) is 3.37. The van der Waals surface area contributed by atoms with E-state index in [4.69, 9.17) is 5.73 Å². The van der Waals surface area contributed by atoms with E-state index in [0.717, 1.165) is 32.5 Å². The van der Waals surface area contributed by atoms with E-state index in [-0.39, 0.29) is 23.3 Å². The molecule has 1 amide bonds. The Hall–Kier alpha value is -3.46. The lowest BCUT2D eigenvalue weighted by atomic mass is 9.75. The molecule has 2 heterocycles. The van der Waals surface area contributed by atoms with Gasteiger partial charge in [0.15, 0.2) is 10.1 Å². The number of anilines is 2. The molecule has 5 rings (SSSR count). The molecule has 0 spiro atoms. The van der Waals surface area contributed by atoms with Gasteiger partial charge in [-0.05, 0) is 61.6 Å². The number of allylic oxidation sites excluding steroid dienone is 3. The number of nitriles is 1. The fourth-order valence-electron chi connectivity index (χ4n) is 4.96. The quantitative estimate of drug-likeness (QED) is 0.324. The molecular formula is C28H25BrN6O2S2. The topological polar surface area (TPSA) is 125 Å². The lowest BCUT2D eigenvalue weighted by molar-refractivity contribution is -0.116. The number of thioether (sulfide) groups is 1. The van der Waals surface area contributed by atoms with Crippen molar-refractivity contribution in [3.05, 3.63) is 86.3 Å². The summed E-state index contributed by atoms with van der Waals surface area (Å²) >= 11 is 5.98. The maximum atomic E-state index is 13.3. The van der Waals surface area contributed by atoms with E-state index < -0.39 is 5.92 Å². The number of nitrogens with two attached hydrogens (primary N) is 1. The number of carbonyl (C=O) groups excluding carboxylic acids is 2. The molecule has 3 N–H and O–H groups in total. The zero-order valence-corrected chi connectivity index (χ0v) is 24.5. The Morgan fingerprint density at radius 3 is 2.77 bits per heavy atom.